The van der Waals surface area contributed by atoms with Crippen molar-refractivity contribution in [2.24, 2.45) is 5.41 Å². The van der Waals surface area contributed by atoms with Gasteiger partial charge in [-0.2, -0.15) is 4.98 Å². The summed E-state index contributed by atoms with van der Waals surface area (Å²) in [7, 11) is 0. The second-order valence-corrected chi connectivity index (χ2v) is 6.23. The number of nitrogen functional groups attached to an aromatic ring is 1. The molecule has 0 bridgehead atoms. The Kier molecular flexibility index (Phi) is 2.46. The number of hydrogen-bond donors (Lipinski definition) is 3. The molecule has 0 aliphatic heterocycles. The molecule has 3 rings (SSSR count). The highest BCUT2D eigenvalue weighted by molar-refractivity contribution is 7.16. The van der Waals surface area contributed by atoms with Gasteiger partial charge >= 0.3 is 0 Å². The van der Waals surface area contributed by atoms with E-state index in [1.54, 1.807) is 11.3 Å². The largest absolute Gasteiger partial charge is 0.392 e. The van der Waals surface area contributed by atoms with Crippen molar-refractivity contribution in [1.82, 2.24) is 9.97 Å². The van der Waals surface area contributed by atoms with E-state index in [0.717, 1.165) is 22.5 Å². The van der Waals surface area contributed by atoms with E-state index in [1.165, 1.54) is 0 Å². The Balaban J connectivity index is 1.93. The van der Waals surface area contributed by atoms with Crippen molar-refractivity contribution in [3.63, 3.8) is 0 Å². The van der Waals surface area contributed by atoms with Gasteiger partial charge in [0.2, 0.25) is 5.95 Å². The molecule has 0 saturated heterocycles. The van der Waals surface area contributed by atoms with Crippen LogP contribution in [0.3, 0.4) is 0 Å². The van der Waals surface area contributed by atoms with Crippen LogP contribution in [-0.2, 0) is 0 Å². The number of aliphatic hydroxyl groups is 1. The van der Waals surface area contributed by atoms with Gasteiger partial charge in [0.25, 0.3) is 0 Å². The Hall–Kier alpha value is -1.40. The van der Waals surface area contributed by atoms with Crippen LogP contribution in [0.25, 0.3) is 10.2 Å². The number of aromatic nitrogens is 2. The average molecular weight is 264 g/mol. The van der Waals surface area contributed by atoms with Crippen LogP contribution < -0.4 is 11.1 Å². The first-order chi connectivity index (χ1) is 8.48. The summed E-state index contributed by atoms with van der Waals surface area (Å²) in [5, 5.41) is 16.1. The summed E-state index contributed by atoms with van der Waals surface area (Å²) in [6, 6.07) is 2.20. The van der Waals surface area contributed by atoms with Gasteiger partial charge in [-0.25, -0.2) is 4.98 Å². The maximum Gasteiger partial charge on any atom is 0.223 e. The smallest absolute Gasteiger partial charge is 0.223 e. The zero-order valence-electron chi connectivity index (χ0n) is 10.3. The molecule has 0 spiro atoms. The predicted octanol–water partition coefficient (Wildman–Crippen LogP) is 1.84. The van der Waals surface area contributed by atoms with E-state index >= 15 is 0 Å². The van der Waals surface area contributed by atoms with Crippen molar-refractivity contribution in [3.05, 3.63) is 11.4 Å². The maximum absolute atomic E-state index is 9.76. The van der Waals surface area contributed by atoms with Crippen LogP contribution >= 0.6 is 11.3 Å². The number of nitrogens with one attached hydrogen (secondary N) is 1. The Labute approximate surface area is 109 Å². The Bertz CT molecular complexity index is 595. The van der Waals surface area contributed by atoms with E-state index in [1.807, 2.05) is 25.3 Å². The average Bonchev–Trinajstić information content (AvgIpc) is 2.76. The highest BCUT2D eigenvalue weighted by Crippen LogP contribution is 2.42. The molecule has 2 atom stereocenters. The SMILES string of the molecule is CC1(C)C(O)CC1Nc1nc(N)nc2sccc12. The number of aliphatic hydroxyl groups excluding tert-OH is 1. The van der Waals surface area contributed by atoms with E-state index in [9.17, 15) is 5.11 Å². The van der Waals surface area contributed by atoms with Crippen molar-refractivity contribution in [2.75, 3.05) is 11.1 Å². The minimum absolute atomic E-state index is 0.137. The zero-order valence-corrected chi connectivity index (χ0v) is 11.2. The fourth-order valence-corrected chi connectivity index (χ4v) is 3.07. The predicted molar refractivity (Wildman–Crippen MR) is 73.6 cm³/mol. The minimum atomic E-state index is -0.257. The van der Waals surface area contributed by atoms with Crippen LogP contribution in [-0.4, -0.2) is 27.2 Å². The number of rotatable bonds is 2. The molecule has 96 valence electrons. The van der Waals surface area contributed by atoms with Crippen molar-refractivity contribution in [1.29, 1.82) is 0 Å². The summed E-state index contributed by atoms with van der Waals surface area (Å²) >= 11 is 1.55. The van der Waals surface area contributed by atoms with E-state index < -0.39 is 0 Å². The Morgan fingerprint density at radius 1 is 1.50 bits per heavy atom. The van der Waals surface area contributed by atoms with Crippen LogP contribution in [0, 0.1) is 5.41 Å². The number of anilines is 2. The summed E-state index contributed by atoms with van der Waals surface area (Å²) in [6.45, 7) is 4.10. The lowest BCUT2D eigenvalue weighted by Crippen LogP contribution is -2.57. The molecule has 1 aliphatic rings. The van der Waals surface area contributed by atoms with Gasteiger partial charge in [-0.05, 0) is 17.9 Å². The molecule has 1 fully saturated rings. The van der Waals surface area contributed by atoms with Gasteiger partial charge in [-0.1, -0.05) is 13.8 Å². The van der Waals surface area contributed by atoms with Gasteiger partial charge in [0, 0.05) is 11.5 Å². The van der Waals surface area contributed by atoms with Gasteiger partial charge in [-0.3, -0.25) is 0 Å². The third-order valence-electron chi connectivity index (χ3n) is 3.87. The first kappa shape index (κ1) is 11.7. The van der Waals surface area contributed by atoms with Crippen LogP contribution in [0.1, 0.15) is 20.3 Å². The Morgan fingerprint density at radius 3 is 2.94 bits per heavy atom. The number of fused-ring (bicyclic) bond motifs is 1. The number of thiophene rings is 1. The summed E-state index contributed by atoms with van der Waals surface area (Å²) in [6.07, 6.45) is 0.481. The summed E-state index contributed by atoms with van der Waals surface area (Å²) in [5.41, 5.74) is 5.57. The normalized spacial score (nSPS) is 25.9. The summed E-state index contributed by atoms with van der Waals surface area (Å²) in [5.74, 6) is 1.05. The molecule has 0 aromatic carbocycles. The van der Waals surface area contributed by atoms with Crippen molar-refractivity contribution >= 4 is 33.3 Å². The number of hydrogen-bond acceptors (Lipinski definition) is 6. The van der Waals surface area contributed by atoms with Gasteiger partial charge in [0.05, 0.1) is 11.5 Å². The van der Waals surface area contributed by atoms with Gasteiger partial charge < -0.3 is 16.2 Å². The molecule has 2 aromatic rings. The molecule has 1 saturated carbocycles. The molecule has 2 unspecified atom stereocenters. The molecule has 6 heteroatoms. The lowest BCUT2D eigenvalue weighted by Gasteiger charge is -2.49. The standard InChI is InChI=1S/C12H16N4OS/c1-12(2)7(5-8(12)17)14-9-6-3-4-18-10(6)16-11(13)15-9/h3-4,7-8,17H,5H2,1-2H3,(H3,13,14,15,16). The first-order valence-electron chi connectivity index (χ1n) is 5.94. The molecule has 5 nitrogen and oxygen atoms in total. The lowest BCUT2D eigenvalue weighted by atomic mass is 9.64. The molecular weight excluding hydrogens is 248 g/mol. The highest BCUT2D eigenvalue weighted by atomic mass is 32.1. The monoisotopic (exact) mass is 264 g/mol. The zero-order chi connectivity index (χ0) is 12.9. The topological polar surface area (TPSA) is 84.1 Å². The maximum atomic E-state index is 9.76. The van der Waals surface area contributed by atoms with E-state index in [-0.39, 0.29) is 23.5 Å². The fraction of sp³-hybridized carbons (Fsp3) is 0.500. The molecule has 2 aromatic heterocycles. The summed E-state index contributed by atoms with van der Waals surface area (Å²) in [4.78, 5) is 9.35. The second kappa shape index (κ2) is 3.80. The lowest BCUT2D eigenvalue weighted by molar-refractivity contribution is -0.0511. The third-order valence-corrected chi connectivity index (χ3v) is 4.68. The number of nitrogens with two attached hydrogens (primary N) is 1. The van der Waals surface area contributed by atoms with Crippen LogP contribution in [0.5, 0.6) is 0 Å². The number of nitrogens with zero attached hydrogens (tertiary/aromatic N) is 2. The van der Waals surface area contributed by atoms with Crippen molar-refractivity contribution in [3.8, 4) is 0 Å². The highest BCUT2D eigenvalue weighted by Gasteiger charge is 2.47. The van der Waals surface area contributed by atoms with E-state index in [0.29, 0.717) is 0 Å². The Morgan fingerprint density at radius 2 is 2.28 bits per heavy atom. The van der Waals surface area contributed by atoms with Crippen LogP contribution in [0.2, 0.25) is 0 Å². The molecule has 4 N–H and O–H groups in total. The molecule has 18 heavy (non-hydrogen) atoms. The van der Waals surface area contributed by atoms with Crippen molar-refractivity contribution < 1.29 is 5.11 Å². The van der Waals surface area contributed by atoms with Crippen LogP contribution in [0.4, 0.5) is 11.8 Å². The van der Waals surface area contributed by atoms with Crippen LogP contribution in [0.15, 0.2) is 11.4 Å². The molecular formula is C12H16N4OS. The van der Waals surface area contributed by atoms with Gasteiger partial charge in [0.15, 0.2) is 0 Å². The quantitative estimate of drug-likeness (QED) is 0.771. The van der Waals surface area contributed by atoms with Gasteiger partial charge in [0.1, 0.15) is 10.6 Å². The minimum Gasteiger partial charge on any atom is -0.392 e. The fourth-order valence-electron chi connectivity index (χ4n) is 2.29. The van der Waals surface area contributed by atoms with Crippen molar-refractivity contribution in [2.45, 2.75) is 32.4 Å². The molecule has 0 amide bonds. The molecule has 2 heterocycles. The summed E-state index contributed by atoms with van der Waals surface area (Å²) < 4.78 is 0. The van der Waals surface area contributed by atoms with E-state index in [4.69, 9.17) is 5.73 Å². The third kappa shape index (κ3) is 1.64. The van der Waals surface area contributed by atoms with E-state index in [2.05, 4.69) is 15.3 Å². The second-order valence-electron chi connectivity index (χ2n) is 5.34. The molecule has 1 aliphatic carbocycles. The first-order valence-corrected chi connectivity index (χ1v) is 6.82. The van der Waals surface area contributed by atoms with Gasteiger partial charge in [-0.15, -0.1) is 11.3 Å². The molecule has 0 radical (unpaired) electrons.